The third kappa shape index (κ3) is 2.68. The van der Waals surface area contributed by atoms with Crippen LogP contribution in [0.15, 0.2) is 0 Å². The van der Waals surface area contributed by atoms with E-state index >= 15 is 0 Å². The summed E-state index contributed by atoms with van der Waals surface area (Å²) in [5.41, 5.74) is 0.345. The standard InChI is InChI=1S/C15H27NO/c1-16-14(13-4-5-13)6-3-12-7-10-17-15(11-12)8-2-9-15/h12-14,16H,2-11H2,1H3. The first-order valence-corrected chi connectivity index (χ1v) is 7.62. The van der Waals surface area contributed by atoms with E-state index in [-0.39, 0.29) is 0 Å². The zero-order valence-corrected chi connectivity index (χ0v) is 11.2. The van der Waals surface area contributed by atoms with Gasteiger partial charge in [-0.05, 0) is 76.7 Å². The lowest BCUT2D eigenvalue weighted by Gasteiger charge is -2.47. The minimum absolute atomic E-state index is 0.345. The first kappa shape index (κ1) is 12.0. The molecule has 0 aromatic rings. The van der Waals surface area contributed by atoms with Gasteiger partial charge in [-0.2, -0.15) is 0 Å². The summed E-state index contributed by atoms with van der Waals surface area (Å²) >= 11 is 0. The van der Waals surface area contributed by atoms with Crippen molar-refractivity contribution in [1.82, 2.24) is 5.32 Å². The third-order valence-electron chi connectivity index (χ3n) is 5.31. The zero-order chi connectivity index (χ0) is 11.7. The fourth-order valence-electron chi connectivity index (χ4n) is 3.82. The van der Waals surface area contributed by atoms with Gasteiger partial charge in [-0.1, -0.05) is 0 Å². The minimum Gasteiger partial charge on any atom is -0.375 e. The first-order valence-electron chi connectivity index (χ1n) is 7.62. The summed E-state index contributed by atoms with van der Waals surface area (Å²) in [6, 6.07) is 0.801. The number of ether oxygens (including phenoxy) is 1. The van der Waals surface area contributed by atoms with Gasteiger partial charge in [0.2, 0.25) is 0 Å². The summed E-state index contributed by atoms with van der Waals surface area (Å²) in [5, 5.41) is 3.52. The number of hydrogen-bond acceptors (Lipinski definition) is 2. The Morgan fingerprint density at radius 2 is 2.12 bits per heavy atom. The topological polar surface area (TPSA) is 21.3 Å². The molecule has 17 heavy (non-hydrogen) atoms. The highest BCUT2D eigenvalue weighted by molar-refractivity contribution is 4.94. The van der Waals surface area contributed by atoms with E-state index in [2.05, 4.69) is 12.4 Å². The highest BCUT2D eigenvalue weighted by atomic mass is 16.5. The molecule has 0 aromatic carbocycles. The van der Waals surface area contributed by atoms with Crippen LogP contribution in [-0.2, 0) is 4.74 Å². The van der Waals surface area contributed by atoms with Crippen LogP contribution in [0.3, 0.4) is 0 Å². The maximum atomic E-state index is 6.01. The van der Waals surface area contributed by atoms with Crippen LogP contribution in [0.1, 0.15) is 57.8 Å². The normalized spacial score (nSPS) is 33.4. The predicted molar refractivity (Wildman–Crippen MR) is 70.1 cm³/mol. The van der Waals surface area contributed by atoms with Gasteiger partial charge in [-0.25, -0.2) is 0 Å². The van der Waals surface area contributed by atoms with Gasteiger partial charge in [-0.15, -0.1) is 0 Å². The van der Waals surface area contributed by atoms with Crippen molar-refractivity contribution in [2.45, 2.75) is 69.4 Å². The van der Waals surface area contributed by atoms with Crippen molar-refractivity contribution in [3.63, 3.8) is 0 Å². The van der Waals surface area contributed by atoms with E-state index in [1.54, 1.807) is 0 Å². The van der Waals surface area contributed by atoms with Crippen LogP contribution >= 0.6 is 0 Å². The number of nitrogens with one attached hydrogen (secondary N) is 1. The second-order valence-electron chi connectivity index (χ2n) is 6.55. The largest absolute Gasteiger partial charge is 0.375 e. The molecule has 2 atom stereocenters. The summed E-state index contributed by atoms with van der Waals surface area (Å²) in [4.78, 5) is 0. The molecule has 0 amide bonds. The Kier molecular flexibility index (Phi) is 3.45. The van der Waals surface area contributed by atoms with Crippen LogP contribution in [0.5, 0.6) is 0 Å². The molecule has 2 aliphatic carbocycles. The lowest BCUT2D eigenvalue weighted by molar-refractivity contribution is -0.144. The van der Waals surface area contributed by atoms with Crippen molar-refractivity contribution in [3.05, 3.63) is 0 Å². The summed E-state index contributed by atoms with van der Waals surface area (Å²) in [6.07, 6.45) is 12.5. The summed E-state index contributed by atoms with van der Waals surface area (Å²) in [6.45, 7) is 1.03. The third-order valence-corrected chi connectivity index (χ3v) is 5.31. The molecule has 0 aromatic heterocycles. The van der Waals surface area contributed by atoms with Crippen molar-refractivity contribution >= 4 is 0 Å². The van der Waals surface area contributed by atoms with Crippen molar-refractivity contribution in [2.75, 3.05) is 13.7 Å². The monoisotopic (exact) mass is 237 g/mol. The maximum absolute atomic E-state index is 6.01. The molecule has 1 saturated heterocycles. The lowest BCUT2D eigenvalue weighted by atomic mass is 9.71. The first-order chi connectivity index (χ1) is 8.31. The van der Waals surface area contributed by atoms with Gasteiger partial charge in [0.15, 0.2) is 0 Å². The Morgan fingerprint density at radius 3 is 2.71 bits per heavy atom. The summed E-state index contributed by atoms with van der Waals surface area (Å²) < 4.78 is 6.01. The molecule has 0 bridgehead atoms. The Bertz CT molecular complexity index is 258. The lowest BCUT2D eigenvalue weighted by Crippen LogP contribution is -2.45. The van der Waals surface area contributed by atoms with Gasteiger partial charge in [0.25, 0.3) is 0 Å². The molecule has 1 spiro atoms. The molecule has 1 heterocycles. The van der Waals surface area contributed by atoms with Crippen molar-refractivity contribution in [3.8, 4) is 0 Å². The molecule has 2 saturated carbocycles. The van der Waals surface area contributed by atoms with Gasteiger partial charge in [0.1, 0.15) is 0 Å². The molecule has 3 rings (SSSR count). The van der Waals surface area contributed by atoms with Gasteiger partial charge in [0, 0.05) is 12.6 Å². The molecule has 2 unspecified atom stereocenters. The Labute approximate surface area is 105 Å². The van der Waals surface area contributed by atoms with E-state index in [9.17, 15) is 0 Å². The average molecular weight is 237 g/mol. The fraction of sp³-hybridized carbons (Fsp3) is 1.00. The van der Waals surface area contributed by atoms with Crippen LogP contribution in [0, 0.1) is 11.8 Å². The number of rotatable bonds is 5. The van der Waals surface area contributed by atoms with E-state index < -0.39 is 0 Å². The van der Waals surface area contributed by atoms with E-state index in [0.29, 0.717) is 5.60 Å². The van der Waals surface area contributed by atoms with Crippen LogP contribution in [0.25, 0.3) is 0 Å². The summed E-state index contributed by atoms with van der Waals surface area (Å²) in [7, 11) is 2.14. The second-order valence-corrected chi connectivity index (χ2v) is 6.55. The zero-order valence-electron chi connectivity index (χ0n) is 11.2. The second kappa shape index (κ2) is 4.89. The van der Waals surface area contributed by atoms with E-state index in [1.165, 1.54) is 57.8 Å². The van der Waals surface area contributed by atoms with Gasteiger partial charge in [-0.3, -0.25) is 0 Å². The molecular formula is C15H27NO. The van der Waals surface area contributed by atoms with E-state index in [4.69, 9.17) is 4.74 Å². The molecule has 1 N–H and O–H groups in total. The van der Waals surface area contributed by atoms with Crippen LogP contribution in [-0.4, -0.2) is 25.3 Å². The molecule has 2 nitrogen and oxygen atoms in total. The highest BCUT2D eigenvalue weighted by Crippen LogP contribution is 2.45. The molecule has 3 aliphatic rings. The van der Waals surface area contributed by atoms with Gasteiger partial charge >= 0.3 is 0 Å². The van der Waals surface area contributed by atoms with Crippen molar-refractivity contribution in [2.24, 2.45) is 11.8 Å². The maximum Gasteiger partial charge on any atom is 0.0685 e. The Hall–Kier alpha value is -0.0800. The molecular weight excluding hydrogens is 210 g/mol. The molecule has 2 heteroatoms. The van der Waals surface area contributed by atoms with Crippen LogP contribution in [0.4, 0.5) is 0 Å². The van der Waals surface area contributed by atoms with E-state index in [0.717, 1.165) is 24.5 Å². The van der Waals surface area contributed by atoms with Crippen molar-refractivity contribution in [1.29, 1.82) is 0 Å². The number of hydrogen-bond donors (Lipinski definition) is 1. The molecule has 0 radical (unpaired) electrons. The minimum atomic E-state index is 0.345. The average Bonchev–Trinajstić information content (AvgIpc) is 3.13. The smallest absolute Gasteiger partial charge is 0.0685 e. The van der Waals surface area contributed by atoms with E-state index in [1.807, 2.05) is 0 Å². The summed E-state index contributed by atoms with van der Waals surface area (Å²) in [5.74, 6) is 1.94. The van der Waals surface area contributed by atoms with Crippen molar-refractivity contribution < 1.29 is 4.74 Å². The molecule has 3 fully saturated rings. The Balaban J connectivity index is 1.44. The SMILES string of the molecule is CNC(CCC1CCOC2(CCC2)C1)C1CC1. The Morgan fingerprint density at radius 1 is 1.29 bits per heavy atom. The molecule has 1 aliphatic heterocycles. The van der Waals surface area contributed by atoms with Gasteiger partial charge < -0.3 is 10.1 Å². The van der Waals surface area contributed by atoms with Crippen LogP contribution < -0.4 is 5.32 Å². The van der Waals surface area contributed by atoms with Gasteiger partial charge in [0.05, 0.1) is 5.60 Å². The highest BCUT2D eigenvalue weighted by Gasteiger charge is 2.42. The van der Waals surface area contributed by atoms with Crippen LogP contribution in [0.2, 0.25) is 0 Å². The quantitative estimate of drug-likeness (QED) is 0.793. The molecule has 98 valence electrons. The predicted octanol–water partition coefficient (Wildman–Crippen LogP) is 3.11. The fourth-order valence-corrected chi connectivity index (χ4v) is 3.82.